The highest BCUT2D eigenvalue weighted by molar-refractivity contribution is 7.16. The van der Waals surface area contributed by atoms with Crippen LogP contribution >= 0.6 is 11.3 Å². The molecule has 0 bridgehead atoms. The highest BCUT2D eigenvalue weighted by atomic mass is 32.1. The summed E-state index contributed by atoms with van der Waals surface area (Å²) in [4.78, 5) is 25.1. The number of anilines is 1. The van der Waals surface area contributed by atoms with Crippen molar-refractivity contribution < 1.29 is 14.3 Å². The van der Waals surface area contributed by atoms with Crippen LogP contribution in [0.3, 0.4) is 0 Å². The molecule has 2 aromatic rings. The van der Waals surface area contributed by atoms with E-state index in [9.17, 15) is 9.59 Å². The Bertz CT molecular complexity index is 695. The Kier molecular flexibility index (Phi) is 5.76. The average molecular weight is 332 g/mol. The minimum absolute atomic E-state index is 0.193. The molecule has 0 aliphatic rings. The lowest BCUT2D eigenvalue weighted by Crippen LogP contribution is -2.25. The lowest BCUT2D eigenvalue weighted by Gasteiger charge is -2.09. The van der Waals surface area contributed by atoms with E-state index in [0.29, 0.717) is 17.1 Å². The van der Waals surface area contributed by atoms with Gasteiger partial charge in [-0.2, -0.15) is 0 Å². The Morgan fingerprint density at radius 1 is 1.22 bits per heavy atom. The van der Waals surface area contributed by atoms with Crippen LogP contribution in [0.5, 0.6) is 0 Å². The van der Waals surface area contributed by atoms with Gasteiger partial charge in [0.2, 0.25) is 0 Å². The van der Waals surface area contributed by atoms with Crippen molar-refractivity contribution in [2.45, 2.75) is 26.8 Å². The molecule has 0 spiro atoms. The monoisotopic (exact) mass is 332 g/mol. The van der Waals surface area contributed by atoms with Crippen molar-refractivity contribution in [1.29, 1.82) is 0 Å². The summed E-state index contributed by atoms with van der Waals surface area (Å²) in [6, 6.07) is 9.69. The van der Waals surface area contributed by atoms with E-state index in [4.69, 9.17) is 0 Å². The largest absolute Gasteiger partial charge is 0.453 e. The summed E-state index contributed by atoms with van der Waals surface area (Å²) in [6.07, 6.45) is 0.144. The Balaban J connectivity index is 2.21. The zero-order valence-corrected chi connectivity index (χ0v) is 14.3. The van der Waals surface area contributed by atoms with Crippen LogP contribution in [-0.4, -0.2) is 19.1 Å². The molecule has 0 atom stereocenters. The van der Waals surface area contributed by atoms with Crippen molar-refractivity contribution in [1.82, 2.24) is 5.32 Å². The molecule has 122 valence electrons. The first-order valence-electron chi connectivity index (χ1n) is 7.36. The van der Waals surface area contributed by atoms with E-state index >= 15 is 0 Å². The first-order chi connectivity index (χ1) is 11.1. The average Bonchev–Trinajstić information content (AvgIpc) is 2.88. The fourth-order valence-electron chi connectivity index (χ4n) is 2.34. The van der Waals surface area contributed by atoms with Crippen LogP contribution in [0, 0.1) is 6.92 Å². The van der Waals surface area contributed by atoms with E-state index < -0.39 is 6.09 Å². The second kappa shape index (κ2) is 7.78. The van der Waals surface area contributed by atoms with Crippen molar-refractivity contribution in [2.75, 3.05) is 12.4 Å². The number of thiophene rings is 1. The standard InChI is InChI=1S/C17H20N2O3S/c1-4-13-11(2)23-16(19-17(21)22-3)14(13)15(20)18-10-12-8-6-5-7-9-12/h5-9H,4,10H2,1-3H3,(H,18,20)(H,19,21). The second-order valence-electron chi connectivity index (χ2n) is 4.98. The summed E-state index contributed by atoms with van der Waals surface area (Å²) in [7, 11) is 1.30. The van der Waals surface area contributed by atoms with E-state index in [1.54, 1.807) is 0 Å². The molecular formula is C17H20N2O3S. The molecular weight excluding hydrogens is 312 g/mol. The van der Waals surface area contributed by atoms with Gasteiger partial charge in [-0.3, -0.25) is 10.1 Å². The molecule has 0 unspecified atom stereocenters. The molecule has 5 nitrogen and oxygen atoms in total. The first kappa shape index (κ1) is 17.0. The van der Waals surface area contributed by atoms with Crippen LogP contribution in [0.15, 0.2) is 30.3 Å². The number of aryl methyl sites for hydroxylation is 1. The molecule has 1 aromatic heterocycles. The maximum absolute atomic E-state index is 12.6. The quantitative estimate of drug-likeness (QED) is 0.877. The van der Waals surface area contributed by atoms with Gasteiger partial charge < -0.3 is 10.1 Å². The van der Waals surface area contributed by atoms with Gasteiger partial charge in [0.1, 0.15) is 5.00 Å². The number of benzene rings is 1. The van der Waals surface area contributed by atoms with E-state index in [1.807, 2.05) is 44.2 Å². The summed E-state index contributed by atoms with van der Waals surface area (Å²) in [5.74, 6) is -0.193. The summed E-state index contributed by atoms with van der Waals surface area (Å²) < 4.78 is 4.63. The zero-order valence-electron chi connectivity index (χ0n) is 13.4. The number of hydrogen-bond acceptors (Lipinski definition) is 4. The molecule has 0 saturated heterocycles. The maximum Gasteiger partial charge on any atom is 0.411 e. The number of rotatable bonds is 5. The Hall–Kier alpha value is -2.34. The predicted molar refractivity (Wildman–Crippen MR) is 92.1 cm³/mol. The SMILES string of the molecule is CCc1c(C)sc(NC(=O)OC)c1C(=O)NCc1ccccc1. The minimum atomic E-state index is -0.578. The number of carbonyl (C=O) groups is 2. The maximum atomic E-state index is 12.6. The Morgan fingerprint density at radius 2 is 1.91 bits per heavy atom. The number of amides is 2. The molecule has 1 aromatic carbocycles. The summed E-state index contributed by atoms with van der Waals surface area (Å²) >= 11 is 1.39. The van der Waals surface area contributed by atoms with Gasteiger partial charge in [0.15, 0.2) is 0 Å². The van der Waals surface area contributed by atoms with E-state index in [2.05, 4.69) is 15.4 Å². The molecule has 6 heteroatoms. The number of carbonyl (C=O) groups excluding carboxylic acids is 2. The van der Waals surface area contributed by atoms with Gasteiger partial charge >= 0.3 is 6.09 Å². The molecule has 0 radical (unpaired) electrons. The smallest absolute Gasteiger partial charge is 0.411 e. The highest BCUT2D eigenvalue weighted by Crippen LogP contribution is 2.33. The van der Waals surface area contributed by atoms with Gasteiger partial charge in [0, 0.05) is 11.4 Å². The molecule has 0 fully saturated rings. The Labute approximate surface area is 139 Å². The molecule has 2 N–H and O–H groups in total. The van der Waals surface area contributed by atoms with Crippen LogP contribution < -0.4 is 10.6 Å². The third kappa shape index (κ3) is 4.10. The lowest BCUT2D eigenvalue weighted by atomic mass is 10.1. The van der Waals surface area contributed by atoms with Crippen LogP contribution in [0.25, 0.3) is 0 Å². The fraction of sp³-hybridized carbons (Fsp3) is 0.294. The molecule has 23 heavy (non-hydrogen) atoms. The third-order valence-electron chi connectivity index (χ3n) is 3.49. The number of nitrogens with one attached hydrogen (secondary N) is 2. The second-order valence-corrected chi connectivity index (χ2v) is 6.20. The summed E-state index contributed by atoms with van der Waals surface area (Å²) in [6.45, 7) is 4.38. The highest BCUT2D eigenvalue weighted by Gasteiger charge is 2.22. The van der Waals surface area contributed by atoms with E-state index in [1.165, 1.54) is 18.4 Å². The minimum Gasteiger partial charge on any atom is -0.453 e. The van der Waals surface area contributed by atoms with Crippen molar-refractivity contribution in [3.05, 3.63) is 51.9 Å². The van der Waals surface area contributed by atoms with Gasteiger partial charge in [-0.15, -0.1) is 11.3 Å². The van der Waals surface area contributed by atoms with Gasteiger partial charge in [-0.25, -0.2) is 4.79 Å². The molecule has 0 aliphatic carbocycles. The van der Waals surface area contributed by atoms with Crippen LogP contribution in [0.4, 0.5) is 9.80 Å². The lowest BCUT2D eigenvalue weighted by molar-refractivity contribution is 0.0951. The topological polar surface area (TPSA) is 67.4 Å². The number of ether oxygens (including phenoxy) is 1. The van der Waals surface area contributed by atoms with Gasteiger partial charge in [0.05, 0.1) is 12.7 Å². The number of methoxy groups -OCH3 is 1. The Morgan fingerprint density at radius 3 is 2.52 bits per heavy atom. The first-order valence-corrected chi connectivity index (χ1v) is 8.17. The van der Waals surface area contributed by atoms with Crippen molar-refractivity contribution in [2.24, 2.45) is 0 Å². The van der Waals surface area contributed by atoms with Crippen molar-refractivity contribution in [3.8, 4) is 0 Å². The van der Waals surface area contributed by atoms with E-state index in [-0.39, 0.29) is 5.91 Å². The van der Waals surface area contributed by atoms with Crippen LogP contribution in [-0.2, 0) is 17.7 Å². The predicted octanol–water partition coefficient (Wildman–Crippen LogP) is 3.73. The van der Waals surface area contributed by atoms with Gasteiger partial charge in [-0.05, 0) is 24.5 Å². The normalized spacial score (nSPS) is 10.2. The van der Waals surface area contributed by atoms with Crippen molar-refractivity contribution in [3.63, 3.8) is 0 Å². The van der Waals surface area contributed by atoms with Crippen LogP contribution in [0.1, 0.15) is 33.3 Å². The van der Waals surface area contributed by atoms with Gasteiger partial charge in [-0.1, -0.05) is 37.3 Å². The fourth-order valence-corrected chi connectivity index (χ4v) is 3.47. The summed E-state index contributed by atoms with van der Waals surface area (Å²) in [5.41, 5.74) is 2.50. The summed E-state index contributed by atoms with van der Waals surface area (Å²) in [5, 5.41) is 6.07. The van der Waals surface area contributed by atoms with E-state index in [0.717, 1.165) is 22.4 Å². The van der Waals surface area contributed by atoms with Crippen LogP contribution in [0.2, 0.25) is 0 Å². The van der Waals surface area contributed by atoms with Crippen molar-refractivity contribution >= 4 is 28.3 Å². The third-order valence-corrected chi connectivity index (χ3v) is 4.55. The molecule has 0 saturated carbocycles. The molecule has 1 heterocycles. The van der Waals surface area contributed by atoms with Gasteiger partial charge in [0.25, 0.3) is 5.91 Å². The molecule has 0 aliphatic heterocycles. The molecule has 2 rings (SSSR count). The number of hydrogen-bond donors (Lipinski definition) is 2. The zero-order chi connectivity index (χ0) is 16.8. The molecule has 2 amide bonds.